The van der Waals surface area contributed by atoms with Gasteiger partial charge < -0.3 is 10.2 Å². The summed E-state index contributed by atoms with van der Waals surface area (Å²) in [6.45, 7) is 6.77. The van der Waals surface area contributed by atoms with Crippen LogP contribution in [0, 0.1) is 24.7 Å². The number of nitrogens with two attached hydrogens (primary N) is 1. The number of para-hydroxylation sites is 1. The Bertz CT molecular complexity index is 605. The molecule has 1 aromatic carbocycles. The average molecular weight is 285 g/mol. The van der Waals surface area contributed by atoms with Crippen molar-refractivity contribution in [2.75, 3.05) is 0 Å². The number of aryl methyl sites for hydroxylation is 1. The first-order valence-electron chi connectivity index (χ1n) is 8.31. The van der Waals surface area contributed by atoms with Crippen LogP contribution >= 0.6 is 0 Å². The molecule has 0 radical (unpaired) electrons. The van der Waals surface area contributed by atoms with E-state index in [-0.39, 0.29) is 6.04 Å². The summed E-state index contributed by atoms with van der Waals surface area (Å²) in [5, 5.41) is 1.18. The molecule has 0 amide bonds. The van der Waals surface area contributed by atoms with Gasteiger partial charge in [0, 0.05) is 5.39 Å². The van der Waals surface area contributed by atoms with Gasteiger partial charge in [0.15, 0.2) is 0 Å². The molecule has 1 saturated carbocycles. The highest BCUT2D eigenvalue weighted by Crippen LogP contribution is 2.39. The Balaban J connectivity index is 1.75. The third-order valence-corrected chi connectivity index (χ3v) is 5.36. The molecule has 2 nitrogen and oxygen atoms in total. The second-order valence-electron chi connectivity index (χ2n) is 7.09. The zero-order chi connectivity index (χ0) is 15.0. The van der Waals surface area contributed by atoms with E-state index in [1.54, 1.807) is 0 Å². The van der Waals surface area contributed by atoms with Crippen LogP contribution in [-0.4, -0.2) is 0 Å². The number of hydrogen-bond donors (Lipinski definition) is 1. The van der Waals surface area contributed by atoms with Gasteiger partial charge in [-0.3, -0.25) is 0 Å². The van der Waals surface area contributed by atoms with Gasteiger partial charge in [0.05, 0.1) is 6.04 Å². The molecular weight excluding hydrogens is 258 g/mol. The number of furan rings is 1. The molecule has 1 atom stereocenters. The van der Waals surface area contributed by atoms with Crippen molar-refractivity contribution < 1.29 is 4.42 Å². The molecule has 0 bridgehead atoms. The van der Waals surface area contributed by atoms with Gasteiger partial charge in [-0.1, -0.05) is 32.0 Å². The molecule has 0 saturated heterocycles. The van der Waals surface area contributed by atoms with Crippen LogP contribution in [0.2, 0.25) is 0 Å². The summed E-state index contributed by atoms with van der Waals surface area (Å²) in [5.41, 5.74) is 8.70. The second kappa shape index (κ2) is 5.84. The largest absolute Gasteiger partial charge is 0.459 e. The van der Waals surface area contributed by atoms with Crippen LogP contribution in [0.1, 0.15) is 56.9 Å². The molecule has 0 aliphatic heterocycles. The zero-order valence-corrected chi connectivity index (χ0v) is 13.4. The Kier molecular flexibility index (Phi) is 4.08. The van der Waals surface area contributed by atoms with Gasteiger partial charge in [-0.05, 0) is 62.0 Å². The maximum Gasteiger partial charge on any atom is 0.137 e. The Labute approximate surface area is 127 Å². The van der Waals surface area contributed by atoms with E-state index in [4.69, 9.17) is 10.2 Å². The molecule has 2 aromatic rings. The van der Waals surface area contributed by atoms with Gasteiger partial charge in [0.1, 0.15) is 11.3 Å². The summed E-state index contributed by atoms with van der Waals surface area (Å²) < 4.78 is 6.06. The lowest BCUT2D eigenvalue weighted by Crippen LogP contribution is -2.27. The minimum atomic E-state index is 0.0462. The van der Waals surface area contributed by atoms with E-state index in [1.807, 2.05) is 0 Å². The Morgan fingerprint density at radius 3 is 2.38 bits per heavy atom. The van der Waals surface area contributed by atoms with Crippen molar-refractivity contribution in [2.45, 2.75) is 52.5 Å². The number of hydrogen-bond acceptors (Lipinski definition) is 2. The number of benzene rings is 1. The van der Waals surface area contributed by atoms with E-state index < -0.39 is 0 Å². The standard InChI is InChI=1S/C19H27NO/c1-12(2)14-7-9-15(10-8-14)18(20)17-11-16-6-4-5-13(3)19(16)21-17/h4-6,11-12,14-15,18H,7-10,20H2,1-3H3. The maximum absolute atomic E-state index is 6.51. The van der Waals surface area contributed by atoms with Crippen molar-refractivity contribution in [3.8, 4) is 0 Å². The fourth-order valence-corrected chi connectivity index (χ4v) is 3.80. The van der Waals surface area contributed by atoms with Crippen molar-refractivity contribution in [2.24, 2.45) is 23.5 Å². The molecule has 0 spiro atoms. The average Bonchev–Trinajstić information content (AvgIpc) is 2.92. The molecule has 1 fully saturated rings. The molecular formula is C19H27NO. The third kappa shape index (κ3) is 2.87. The smallest absolute Gasteiger partial charge is 0.137 e. The van der Waals surface area contributed by atoms with Crippen LogP contribution < -0.4 is 5.73 Å². The quantitative estimate of drug-likeness (QED) is 0.841. The normalized spacial score (nSPS) is 24.6. The number of fused-ring (bicyclic) bond motifs is 1. The van der Waals surface area contributed by atoms with Gasteiger partial charge >= 0.3 is 0 Å². The zero-order valence-electron chi connectivity index (χ0n) is 13.4. The highest BCUT2D eigenvalue weighted by Gasteiger charge is 2.29. The third-order valence-electron chi connectivity index (χ3n) is 5.36. The minimum Gasteiger partial charge on any atom is -0.459 e. The summed E-state index contributed by atoms with van der Waals surface area (Å²) in [4.78, 5) is 0. The highest BCUT2D eigenvalue weighted by molar-refractivity contribution is 5.81. The molecule has 1 aliphatic rings. The fraction of sp³-hybridized carbons (Fsp3) is 0.579. The predicted molar refractivity (Wildman–Crippen MR) is 88.2 cm³/mol. The van der Waals surface area contributed by atoms with E-state index in [2.05, 4.69) is 45.0 Å². The molecule has 3 rings (SSSR count). The molecule has 1 heterocycles. The molecule has 1 aromatic heterocycles. The summed E-state index contributed by atoms with van der Waals surface area (Å²) in [6, 6.07) is 8.47. The van der Waals surface area contributed by atoms with E-state index in [0.29, 0.717) is 5.92 Å². The lowest BCUT2D eigenvalue weighted by atomic mass is 9.74. The van der Waals surface area contributed by atoms with E-state index in [9.17, 15) is 0 Å². The molecule has 21 heavy (non-hydrogen) atoms. The summed E-state index contributed by atoms with van der Waals surface area (Å²) in [7, 11) is 0. The van der Waals surface area contributed by atoms with Crippen LogP contribution in [0.15, 0.2) is 28.7 Å². The first kappa shape index (κ1) is 14.6. The second-order valence-corrected chi connectivity index (χ2v) is 7.09. The van der Waals surface area contributed by atoms with Gasteiger partial charge in [0.2, 0.25) is 0 Å². The predicted octanol–water partition coefficient (Wildman–Crippen LogP) is 5.20. The van der Waals surface area contributed by atoms with Crippen LogP contribution in [0.25, 0.3) is 11.0 Å². The maximum atomic E-state index is 6.51. The van der Waals surface area contributed by atoms with Gasteiger partial charge in [-0.2, -0.15) is 0 Å². The first-order chi connectivity index (χ1) is 10.1. The van der Waals surface area contributed by atoms with Gasteiger partial charge in [-0.25, -0.2) is 0 Å². The summed E-state index contributed by atoms with van der Waals surface area (Å²) in [6.07, 6.45) is 5.10. The van der Waals surface area contributed by atoms with Crippen LogP contribution in [0.5, 0.6) is 0 Å². The van der Waals surface area contributed by atoms with Crippen molar-refractivity contribution in [1.29, 1.82) is 0 Å². The monoisotopic (exact) mass is 285 g/mol. The van der Waals surface area contributed by atoms with Gasteiger partial charge in [0.25, 0.3) is 0 Å². The Morgan fingerprint density at radius 1 is 1.10 bits per heavy atom. The Morgan fingerprint density at radius 2 is 1.76 bits per heavy atom. The van der Waals surface area contributed by atoms with Crippen LogP contribution in [0.3, 0.4) is 0 Å². The van der Waals surface area contributed by atoms with Crippen LogP contribution in [0.4, 0.5) is 0 Å². The molecule has 2 N–H and O–H groups in total. The Hall–Kier alpha value is -1.28. The highest BCUT2D eigenvalue weighted by atomic mass is 16.3. The van der Waals surface area contributed by atoms with Crippen molar-refractivity contribution >= 4 is 11.0 Å². The van der Waals surface area contributed by atoms with Gasteiger partial charge in [-0.15, -0.1) is 0 Å². The fourth-order valence-electron chi connectivity index (χ4n) is 3.80. The first-order valence-corrected chi connectivity index (χ1v) is 8.31. The van der Waals surface area contributed by atoms with E-state index in [1.165, 1.54) is 36.6 Å². The minimum absolute atomic E-state index is 0.0462. The lowest BCUT2D eigenvalue weighted by Gasteiger charge is -2.33. The van der Waals surface area contributed by atoms with Crippen molar-refractivity contribution in [3.05, 3.63) is 35.6 Å². The van der Waals surface area contributed by atoms with Crippen LogP contribution in [-0.2, 0) is 0 Å². The molecule has 114 valence electrons. The topological polar surface area (TPSA) is 39.2 Å². The molecule has 2 heteroatoms. The SMILES string of the molecule is Cc1cccc2cc(C(N)C3CCC(C(C)C)CC3)oc12. The van der Waals surface area contributed by atoms with E-state index >= 15 is 0 Å². The molecule has 1 aliphatic carbocycles. The number of rotatable bonds is 3. The summed E-state index contributed by atoms with van der Waals surface area (Å²) in [5.74, 6) is 3.22. The summed E-state index contributed by atoms with van der Waals surface area (Å²) >= 11 is 0. The van der Waals surface area contributed by atoms with Crippen molar-refractivity contribution in [1.82, 2.24) is 0 Å². The van der Waals surface area contributed by atoms with E-state index in [0.717, 1.165) is 23.2 Å². The lowest BCUT2D eigenvalue weighted by molar-refractivity contribution is 0.195. The van der Waals surface area contributed by atoms with Crippen molar-refractivity contribution in [3.63, 3.8) is 0 Å². The molecule has 1 unspecified atom stereocenters.